The standard InChI is InChI=1S/C24H34N2O5/c27-21(24(30)13-5-2-6-14-24)22(28)26-16-7-4-12-20(26)23(29)31-17-8-1-3-10-19-11-9-15-25-18-19/h9,11,15,18,20,30H,1-8,10,12-14,16-17H2/t20-/m0/s1. The molecule has 1 aliphatic heterocycles. The fraction of sp³-hybridized carbons (Fsp3) is 0.667. The molecule has 2 heterocycles. The summed E-state index contributed by atoms with van der Waals surface area (Å²) < 4.78 is 5.45. The summed E-state index contributed by atoms with van der Waals surface area (Å²) >= 11 is 0. The number of ether oxygens (including phenoxy) is 1. The van der Waals surface area contributed by atoms with Gasteiger partial charge in [-0.25, -0.2) is 4.79 Å². The number of Topliss-reactive ketones (excluding diaryl/α,β-unsaturated/α-hetero) is 1. The first-order valence-corrected chi connectivity index (χ1v) is 11.6. The number of esters is 1. The number of aryl methyl sites for hydroxylation is 1. The number of carbonyl (C=O) groups excluding carboxylic acids is 3. The highest BCUT2D eigenvalue weighted by Crippen LogP contribution is 2.30. The van der Waals surface area contributed by atoms with Crippen molar-refractivity contribution in [1.82, 2.24) is 9.88 Å². The van der Waals surface area contributed by atoms with E-state index in [1.54, 1.807) is 6.20 Å². The van der Waals surface area contributed by atoms with Crippen LogP contribution in [0.25, 0.3) is 0 Å². The third-order valence-corrected chi connectivity index (χ3v) is 6.41. The molecular formula is C24H34N2O5. The second-order valence-electron chi connectivity index (χ2n) is 8.77. The fourth-order valence-corrected chi connectivity index (χ4v) is 4.54. The lowest BCUT2D eigenvalue weighted by atomic mass is 9.81. The van der Waals surface area contributed by atoms with Gasteiger partial charge in [0.1, 0.15) is 11.6 Å². The summed E-state index contributed by atoms with van der Waals surface area (Å²) in [7, 11) is 0. The smallest absolute Gasteiger partial charge is 0.328 e. The molecule has 170 valence electrons. The molecule has 1 aliphatic carbocycles. The van der Waals surface area contributed by atoms with Crippen LogP contribution < -0.4 is 0 Å². The van der Waals surface area contributed by atoms with Crippen LogP contribution in [-0.4, -0.2) is 57.4 Å². The summed E-state index contributed by atoms with van der Waals surface area (Å²) in [6.07, 6.45) is 12.4. The Morgan fingerprint density at radius 1 is 1.10 bits per heavy atom. The van der Waals surface area contributed by atoms with Crippen molar-refractivity contribution in [2.45, 2.75) is 88.7 Å². The number of aromatic nitrogens is 1. The van der Waals surface area contributed by atoms with E-state index < -0.39 is 29.3 Å². The zero-order chi connectivity index (χ0) is 22.1. The summed E-state index contributed by atoms with van der Waals surface area (Å²) in [5.74, 6) is -1.94. The molecule has 31 heavy (non-hydrogen) atoms. The van der Waals surface area contributed by atoms with Crippen LogP contribution in [0.5, 0.6) is 0 Å². The van der Waals surface area contributed by atoms with E-state index in [9.17, 15) is 19.5 Å². The molecular weight excluding hydrogens is 396 g/mol. The van der Waals surface area contributed by atoms with E-state index in [4.69, 9.17) is 4.74 Å². The molecule has 1 saturated carbocycles. The number of carbonyl (C=O) groups is 3. The minimum Gasteiger partial charge on any atom is -0.464 e. The number of pyridine rings is 1. The molecule has 0 aromatic carbocycles. The normalized spacial score (nSPS) is 20.8. The van der Waals surface area contributed by atoms with Gasteiger partial charge in [0.05, 0.1) is 6.61 Å². The molecule has 1 saturated heterocycles. The van der Waals surface area contributed by atoms with E-state index >= 15 is 0 Å². The van der Waals surface area contributed by atoms with Gasteiger partial charge in [0, 0.05) is 18.9 Å². The Kier molecular flexibility index (Phi) is 8.58. The topological polar surface area (TPSA) is 96.8 Å². The number of amides is 1. The third-order valence-electron chi connectivity index (χ3n) is 6.41. The second-order valence-corrected chi connectivity index (χ2v) is 8.77. The number of rotatable bonds is 9. The van der Waals surface area contributed by atoms with Crippen molar-refractivity contribution < 1.29 is 24.2 Å². The predicted molar refractivity (Wildman–Crippen MR) is 115 cm³/mol. The van der Waals surface area contributed by atoms with Gasteiger partial charge < -0.3 is 14.7 Å². The van der Waals surface area contributed by atoms with E-state index in [0.717, 1.165) is 57.8 Å². The zero-order valence-corrected chi connectivity index (χ0v) is 18.3. The van der Waals surface area contributed by atoms with Crippen LogP contribution in [0.4, 0.5) is 0 Å². The van der Waals surface area contributed by atoms with Gasteiger partial charge in [0.2, 0.25) is 0 Å². The average Bonchev–Trinajstić information content (AvgIpc) is 2.81. The summed E-state index contributed by atoms with van der Waals surface area (Å²) in [6.45, 7) is 0.661. The maximum atomic E-state index is 12.9. The van der Waals surface area contributed by atoms with E-state index in [1.807, 2.05) is 18.3 Å². The fourth-order valence-electron chi connectivity index (χ4n) is 4.54. The number of aliphatic hydroxyl groups is 1. The van der Waals surface area contributed by atoms with Crippen LogP contribution in [0, 0.1) is 0 Å². The molecule has 7 nitrogen and oxygen atoms in total. The molecule has 1 amide bonds. The van der Waals surface area contributed by atoms with Gasteiger partial charge in [-0.05, 0) is 69.4 Å². The van der Waals surface area contributed by atoms with Crippen LogP contribution in [0.2, 0.25) is 0 Å². The van der Waals surface area contributed by atoms with Crippen molar-refractivity contribution in [1.29, 1.82) is 0 Å². The average molecular weight is 431 g/mol. The van der Waals surface area contributed by atoms with E-state index in [0.29, 0.717) is 32.4 Å². The molecule has 0 bridgehead atoms. The summed E-state index contributed by atoms with van der Waals surface area (Å²) in [5, 5.41) is 10.7. The van der Waals surface area contributed by atoms with E-state index in [1.165, 1.54) is 10.5 Å². The van der Waals surface area contributed by atoms with Crippen LogP contribution in [-0.2, 0) is 25.5 Å². The minimum absolute atomic E-state index is 0.308. The lowest BCUT2D eigenvalue weighted by Crippen LogP contribution is -2.56. The number of nitrogens with zero attached hydrogens (tertiary/aromatic N) is 2. The van der Waals surface area contributed by atoms with Crippen molar-refractivity contribution in [2.24, 2.45) is 0 Å². The molecule has 1 aromatic heterocycles. The SMILES string of the molecule is O=C(OCCCCCc1cccnc1)[C@@H]1CCCCN1C(=O)C(=O)C1(O)CCCCC1. The third kappa shape index (κ3) is 6.35. The summed E-state index contributed by atoms with van der Waals surface area (Å²) in [6, 6.07) is 3.24. The van der Waals surface area contributed by atoms with Crippen molar-refractivity contribution in [3.8, 4) is 0 Å². The number of unbranched alkanes of at least 4 members (excludes halogenated alkanes) is 2. The highest BCUT2D eigenvalue weighted by atomic mass is 16.5. The van der Waals surface area contributed by atoms with Gasteiger partial charge in [-0.1, -0.05) is 25.3 Å². The van der Waals surface area contributed by atoms with Crippen LogP contribution in [0.15, 0.2) is 24.5 Å². The van der Waals surface area contributed by atoms with E-state index in [-0.39, 0.29) is 0 Å². The Hall–Kier alpha value is -2.28. The van der Waals surface area contributed by atoms with E-state index in [2.05, 4.69) is 4.98 Å². The molecule has 1 aromatic rings. The van der Waals surface area contributed by atoms with Gasteiger partial charge in [0.25, 0.3) is 11.7 Å². The van der Waals surface area contributed by atoms with Gasteiger partial charge in [-0.3, -0.25) is 14.6 Å². The molecule has 3 rings (SSSR count). The molecule has 7 heteroatoms. The molecule has 2 aliphatic rings. The largest absolute Gasteiger partial charge is 0.464 e. The lowest BCUT2D eigenvalue weighted by molar-refractivity contribution is -0.164. The maximum absolute atomic E-state index is 12.9. The zero-order valence-electron chi connectivity index (χ0n) is 18.3. The van der Waals surface area contributed by atoms with Crippen molar-refractivity contribution in [2.75, 3.05) is 13.2 Å². The van der Waals surface area contributed by atoms with Crippen LogP contribution in [0.3, 0.4) is 0 Å². The van der Waals surface area contributed by atoms with Crippen molar-refractivity contribution >= 4 is 17.7 Å². The second kappa shape index (κ2) is 11.4. The Morgan fingerprint density at radius 3 is 2.65 bits per heavy atom. The first kappa shape index (κ1) is 23.4. The Bertz CT molecular complexity index is 746. The predicted octanol–water partition coefficient (Wildman–Crippen LogP) is 2.98. The monoisotopic (exact) mass is 430 g/mol. The summed E-state index contributed by atoms with van der Waals surface area (Å²) in [4.78, 5) is 43.7. The highest BCUT2D eigenvalue weighted by Gasteiger charge is 2.45. The lowest BCUT2D eigenvalue weighted by Gasteiger charge is -2.36. The van der Waals surface area contributed by atoms with Gasteiger partial charge in [-0.15, -0.1) is 0 Å². The first-order chi connectivity index (χ1) is 15.0. The number of hydrogen-bond donors (Lipinski definition) is 1. The van der Waals surface area contributed by atoms with Crippen LogP contribution >= 0.6 is 0 Å². The Labute approximate surface area is 184 Å². The van der Waals surface area contributed by atoms with Crippen molar-refractivity contribution in [3.63, 3.8) is 0 Å². The van der Waals surface area contributed by atoms with Gasteiger partial charge in [-0.2, -0.15) is 0 Å². The highest BCUT2D eigenvalue weighted by molar-refractivity contribution is 6.39. The Morgan fingerprint density at radius 2 is 1.90 bits per heavy atom. The Balaban J connectivity index is 1.45. The summed E-state index contributed by atoms with van der Waals surface area (Å²) in [5.41, 5.74) is -0.379. The molecule has 2 fully saturated rings. The number of hydrogen-bond acceptors (Lipinski definition) is 6. The molecule has 1 N–H and O–H groups in total. The number of likely N-dealkylation sites (tertiary alicyclic amines) is 1. The number of ketones is 1. The van der Waals surface area contributed by atoms with Crippen molar-refractivity contribution in [3.05, 3.63) is 30.1 Å². The van der Waals surface area contributed by atoms with Gasteiger partial charge >= 0.3 is 5.97 Å². The van der Waals surface area contributed by atoms with Crippen LogP contribution in [0.1, 0.15) is 76.2 Å². The maximum Gasteiger partial charge on any atom is 0.328 e. The molecule has 1 atom stereocenters. The molecule has 0 unspecified atom stereocenters. The van der Waals surface area contributed by atoms with Gasteiger partial charge in [0.15, 0.2) is 0 Å². The molecule has 0 spiro atoms. The minimum atomic E-state index is -1.57. The number of piperidine rings is 1. The molecule has 0 radical (unpaired) electrons. The quantitative estimate of drug-likeness (QED) is 0.368. The first-order valence-electron chi connectivity index (χ1n) is 11.6.